The largest absolute Gasteiger partial charge is 0.468 e. The van der Waals surface area contributed by atoms with Crippen molar-refractivity contribution in [2.75, 3.05) is 51.3 Å². The number of rotatable bonds is 7. The van der Waals surface area contributed by atoms with Gasteiger partial charge >= 0.3 is 5.97 Å². The van der Waals surface area contributed by atoms with Crippen molar-refractivity contribution in [2.45, 2.75) is 12.5 Å². The molecular formula is C24H29Cl2N3O4. The van der Waals surface area contributed by atoms with Crippen LogP contribution in [0.15, 0.2) is 54.6 Å². The number of benzene rings is 2. The molecule has 0 aromatic heterocycles. The fourth-order valence-electron chi connectivity index (χ4n) is 4.41. The van der Waals surface area contributed by atoms with Crippen LogP contribution in [0, 0.1) is 0 Å². The molecule has 2 aromatic carbocycles. The zero-order valence-electron chi connectivity index (χ0n) is 18.5. The predicted octanol–water partition coefficient (Wildman–Crippen LogP) is 2.98. The summed E-state index contributed by atoms with van der Waals surface area (Å²) in [6.07, 6.45) is 0.784. The molecule has 2 aliphatic rings. The van der Waals surface area contributed by atoms with Crippen molar-refractivity contribution >= 4 is 48.2 Å². The quantitative estimate of drug-likeness (QED) is 0.436. The van der Waals surface area contributed by atoms with Crippen LogP contribution < -0.4 is 4.90 Å². The van der Waals surface area contributed by atoms with E-state index < -0.39 is 17.7 Å². The Morgan fingerprint density at radius 1 is 0.909 bits per heavy atom. The lowest BCUT2D eigenvalue weighted by atomic mass is 10.0. The molecule has 1 saturated heterocycles. The van der Waals surface area contributed by atoms with E-state index in [1.165, 1.54) is 7.11 Å². The lowest BCUT2D eigenvalue weighted by Gasteiger charge is -2.38. The van der Waals surface area contributed by atoms with Gasteiger partial charge in [-0.25, -0.2) is 4.79 Å². The summed E-state index contributed by atoms with van der Waals surface area (Å²) >= 11 is 0. The third-order valence-electron chi connectivity index (χ3n) is 6.05. The molecule has 2 heterocycles. The van der Waals surface area contributed by atoms with Crippen LogP contribution in [0.4, 0.5) is 5.69 Å². The Labute approximate surface area is 206 Å². The number of Topliss-reactive ketones (excluding diaryl/α,β-unsaturated/α-hetero) is 1. The van der Waals surface area contributed by atoms with Gasteiger partial charge in [0, 0.05) is 32.7 Å². The van der Waals surface area contributed by atoms with Crippen LogP contribution in [-0.2, 0) is 14.3 Å². The number of ketones is 1. The summed E-state index contributed by atoms with van der Waals surface area (Å²) in [5.74, 6) is -1.09. The van der Waals surface area contributed by atoms with Crippen molar-refractivity contribution in [3.8, 4) is 0 Å². The summed E-state index contributed by atoms with van der Waals surface area (Å²) in [7, 11) is 1.43. The molecule has 0 saturated carbocycles. The number of carbonyl (C=O) groups is 3. The van der Waals surface area contributed by atoms with Gasteiger partial charge in [-0.1, -0.05) is 42.5 Å². The fraction of sp³-hybridized carbons (Fsp3) is 0.375. The molecule has 33 heavy (non-hydrogen) atoms. The monoisotopic (exact) mass is 493 g/mol. The Bertz CT molecular complexity index is 965. The molecular weight excluding hydrogens is 465 g/mol. The molecule has 0 aliphatic carbocycles. The Balaban J connectivity index is 0.00000193. The third kappa shape index (κ3) is 5.73. The van der Waals surface area contributed by atoms with Gasteiger partial charge in [-0.2, -0.15) is 0 Å². The van der Waals surface area contributed by atoms with Crippen molar-refractivity contribution in [2.24, 2.45) is 0 Å². The molecule has 7 nitrogen and oxygen atoms in total. The molecule has 178 valence electrons. The van der Waals surface area contributed by atoms with Crippen LogP contribution in [0.25, 0.3) is 0 Å². The first-order valence-electron chi connectivity index (χ1n) is 10.6. The van der Waals surface area contributed by atoms with Gasteiger partial charge in [0.05, 0.1) is 18.4 Å². The van der Waals surface area contributed by atoms with Gasteiger partial charge < -0.3 is 14.5 Å². The zero-order valence-corrected chi connectivity index (χ0v) is 20.1. The number of carbonyl (C=O) groups excluding carboxylic acids is 3. The summed E-state index contributed by atoms with van der Waals surface area (Å²) in [4.78, 5) is 42.9. The maximum Gasteiger partial charge on any atom is 0.327 e. The number of piperazine rings is 1. The van der Waals surface area contributed by atoms with Gasteiger partial charge in [0.1, 0.15) is 6.04 Å². The normalized spacial score (nSPS) is 17.1. The number of anilines is 1. The Morgan fingerprint density at radius 3 is 2.21 bits per heavy atom. The minimum atomic E-state index is -0.435. The second-order valence-corrected chi connectivity index (χ2v) is 7.87. The fourth-order valence-corrected chi connectivity index (χ4v) is 4.41. The summed E-state index contributed by atoms with van der Waals surface area (Å²) in [5, 5.41) is 0. The van der Waals surface area contributed by atoms with Crippen LogP contribution in [0.3, 0.4) is 0 Å². The summed E-state index contributed by atoms with van der Waals surface area (Å²) in [5.41, 5.74) is 2.15. The Morgan fingerprint density at radius 2 is 1.55 bits per heavy atom. The highest BCUT2D eigenvalue weighted by Crippen LogP contribution is 2.28. The van der Waals surface area contributed by atoms with Crippen molar-refractivity contribution in [1.29, 1.82) is 0 Å². The van der Waals surface area contributed by atoms with Gasteiger partial charge in [0.2, 0.25) is 0 Å². The highest BCUT2D eigenvalue weighted by molar-refractivity contribution is 6.52. The van der Waals surface area contributed by atoms with Crippen molar-refractivity contribution in [3.63, 3.8) is 0 Å². The number of hydrogen-bond donors (Lipinski definition) is 0. The first kappa shape index (κ1) is 26.8. The van der Waals surface area contributed by atoms with E-state index in [0.717, 1.165) is 44.7 Å². The summed E-state index contributed by atoms with van der Waals surface area (Å²) in [6.45, 7) is 4.56. The van der Waals surface area contributed by atoms with Gasteiger partial charge in [0.15, 0.2) is 0 Å². The van der Waals surface area contributed by atoms with Crippen molar-refractivity contribution in [1.82, 2.24) is 9.80 Å². The number of methoxy groups -OCH3 is 1. The lowest BCUT2D eigenvalue weighted by molar-refractivity contribution is -0.148. The second kappa shape index (κ2) is 12.1. The number of nitrogens with zero attached hydrogens (tertiary/aromatic N) is 3. The average molecular weight is 494 g/mol. The molecule has 1 atom stereocenters. The number of para-hydroxylation sites is 1. The topological polar surface area (TPSA) is 70.2 Å². The standard InChI is InChI=1S/C24H27N3O4.2ClH/c1-31-24(30)21(18-8-3-2-4-9-18)26-16-14-25(15-17-26)12-7-13-27-20-11-6-5-10-19(20)22(28)23(27)29;;/h2-6,8-11,21H,7,12-17H2,1H3;2*1H. The molecule has 1 amide bonds. The molecule has 2 aromatic rings. The molecule has 0 radical (unpaired) electrons. The van der Waals surface area contributed by atoms with E-state index in [0.29, 0.717) is 17.8 Å². The third-order valence-corrected chi connectivity index (χ3v) is 6.05. The number of halogens is 2. The number of amides is 1. The summed E-state index contributed by atoms with van der Waals surface area (Å²) < 4.78 is 5.06. The van der Waals surface area contributed by atoms with E-state index in [-0.39, 0.29) is 30.8 Å². The van der Waals surface area contributed by atoms with E-state index >= 15 is 0 Å². The second-order valence-electron chi connectivity index (χ2n) is 7.87. The van der Waals surface area contributed by atoms with Gasteiger partial charge in [0.25, 0.3) is 11.7 Å². The number of hydrogen-bond acceptors (Lipinski definition) is 6. The molecule has 1 fully saturated rings. The van der Waals surface area contributed by atoms with Gasteiger partial charge in [-0.05, 0) is 30.7 Å². The maximum atomic E-state index is 12.4. The molecule has 0 bridgehead atoms. The van der Waals surface area contributed by atoms with Crippen LogP contribution in [0.1, 0.15) is 28.4 Å². The highest BCUT2D eigenvalue weighted by atomic mass is 35.5. The zero-order chi connectivity index (χ0) is 21.8. The van der Waals surface area contributed by atoms with Crippen LogP contribution in [-0.4, -0.2) is 73.8 Å². The summed E-state index contributed by atoms with van der Waals surface area (Å²) in [6, 6.07) is 16.5. The van der Waals surface area contributed by atoms with E-state index in [2.05, 4.69) is 9.80 Å². The maximum absolute atomic E-state index is 12.4. The smallest absolute Gasteiger partial charge is 0.327 e. The SMILES string of the molecule is COC(=O)C(c1ccccc1)N1CCN(CCCN2C(=O)C(=O)c3ccccc32)CC1.Cl.Cl. The number of ether oxygens (including phenoxy) is 1. The molecule has 9 heteroatoms. The van der Waals surface area contributed by atoms with Gasteiger partial charge in [-0.15, -0.1) is 24.8 Å². The number of fused-ring (bicyclic) bond motifs is 1. The highest BCUT2D eigenvalue weighted by Gasteiger charge is 2.35. The number of esters is 1. The lowest BCUT2D eigenvalue weighted by Crippen LogP contribution is -2.49. The molecule has 1 unspecified atom stereocenters. The van der Waals surface area contributed by atoms with Crippen LogP contribution >= 0.6 is 24.8 Å². The van der Waals surface area contributed by atoms with E-state index in [9.17, 15) is 14.4 Å². The van der Waals surface area contributed by atoms with Crippen LogP contribution in [0.5, 0.6) is 0 Å². The molecule has 0 N–H and O–H groups in total. The minimum absolute atomic E-state index is 0. The van der Waals surface area contributed by atoms with Crippen molar-refractivity contribution in [3.05, 3.63) is 65.7 Å². The van der Waals surface area contributed by atoms with Crippen LogP contribution in [0.2, 0.25) is 0 Å². The Hall–Kier alpha value is -2.45. The average Bonchev–Trinajstić information content (AvgIpc) is 3.06. The molecule has 0 spiro atoms. The Kier molecular flexibility index (Phi) is 9.86. The molecule has 2 aliphatic heterocycles. The van der Waals surface area contributed by atoms with Gasteiger partial charge in [-0.3, -0.25) is 14.5 Å². The van der Waals surface area contributed by atoms with Crippen molar-refractivity contribution < 1.29 is 19.1 Å². The van der Waals surface area contributed by atoms with E-state index in [1.807, 2.05) is 42.5 Å². The van der Waals surface area contributed by atoms with E-state index in [4.69, 9.17) is 4.74 Å². The predicted molar refractivity (Wildman–Crippen MR) is 131 cm³/mol. The minimum Gasteiger partial charge on any atom is -0.468 e. The van der Waals surface area contributed by atoms with E-state index in [1.54, 1.807) is 17.0 Å². The first-order chi connectivity index (χ1) is 15.1. The first-order valence-corrected chi connectivity index (χ1v) is 10.6. The molecule has 4 rings (SSSR count).